The van der Waals surface area contributed by atoms with Gasteiger partial charge in [-0.15, -0.1) is 0 Å². The van der Waals surface area contributed by atoms with E-state index in [0.717, 1.165) is 4.31 Å². The summed E-state index contributed by atoms with van der Waals surface area (Å²) in [6.45, 7) is 4.02. The van der Waals surface area contributed by atoms with Crippen LogP contribution < -0.4 is 0 Å². The summed E-state index contributed by atoms with van der Waals surface area (Å²) in [6.07, 6.45) is 3.63. The molecule has 1 aromatic heterocycles. The van der Waals surface area contributed by atoms with E-state index in [1.165, 1.54) is 12.4 Å². The highest BCUT2D eigenvalue weighted by Crippen LogP contribution is 2.26. The Balaban J connectivity index is 2.33. The van der Waals surface area contributed by atoms with Crippen molar-refractivity contribution in [2.24, 2.45) is 0 Å². The number of sulfonamides is 1. The van der Waals surface area contributed by atoms with Gasteiger partial charge in [0.15, 0.2) is 0 Å². The molecule has 0 unspecified atom stereocenters. The predicted molar refractivity (Wildman–Crippen MR) is 67.2 cm³/mol. The van der Waals surface area contributed by atoms with Gasteiger partial charge in [0.25, 0.3) is 0 Å². The Labute approximate surface area is 111 Å². The summed E-state index contributed by atoms with van der Waals surface area (Å²) >= 11 is 0. The average Bonchev–Trinajstić information content (AvgIpc) is 2.98. The van der Waals surface area contributed by atoms with Crippen LogP contribution in [-0.2, 0) is 14.8 Å². The van der Waals surface area contributed by atoms with Crippen LogP contribution in [0.15, 0.2) is 17.3 Å². The zero-order valence-corrected chi connectivity index (χ0v) is 11.7. The highest BCUT2D eigenvalue weighted by Gasteiger charge is 2.40. The summed E-state index contributed by atoms with van der Waals surface area (Å²) in [6, 6.07) is -0.912. The van der Waals surface area contributed by atoms with E-state index in [1.807, 2.05) is 13.8 Å². The molecule has 1 aliphatic heterocycles. The van der Waals surface area contributed by atoms with Gasteiger partial charge >= 0.3 is 5.97 Å². The molecule has 19 heavy (non-hydrogen) atoms. The first-order valence-electron chi connectivity index (χ1n) is 6.13. The standard InChI is InChI=1S/C11H17N3O4S/c1-8(2)13-7-9(6-12-13)19(17,18)14-5-3-4-10(14)11(15)16/h6-8,10H,3-5H2,1-2H3,(H,15,16)/t10-/m1/s1. The van der Waals surface area contributed by atoms with Crippen LogP contribution in [0.25, 0.3) is 0 Å². The predicted octanol–water partition coefficient (Wildman–Crippen LogP) is 0.702. The molecule has 7 nitrogen and oxygen atoms in total. The third kappa shape index (κ3) is 2.50. The van der Waals surface area contributed by atoms with Crippen molar-refractivity contribution in [3.8, 4) is 0 Å². The lowest BCUT2D eigenvalue weighted by molar-refractivity contribution is -0.140. The molecule has 0 aliphatic carbocycles. The molecule has 2 rings (SSSR count). The Hall–Kier alpha value is -1.41. The van der Waals surface area contributed by atoms with Gasteiger partial charge in [0.05, 0.1) is 6.20 Å². The van der Waals surface area contributed by atoms with Crippen LogP contribution in [0.5, 0.6) is 0 Å². The Morgan fingerprint density at radius 2 is 2.21 bits per heavy atom. The zero-order valence-electron chi connectivity index (χ0n) is 10.9. The molecule has 0 spiro atoms. The third-order valence-electron chi connectivity index (χ3n) is 3.20. The van der Waals surface area contributed by atoms with Gasteiger partial charge in [0.1, 0.15) is 10.9 Å². The maximum absolute atomic E-state index is 12.4. The molecule has 0 aromatic carbocycles. The monoisotopic (exact) mass is 287 g/mol. The summed E-state index contributed by atoms with van der Waals surface area (Å²) in [5, 5.41) is 13.0. The summed E-state index contributed by atoms with van der Waals surface area (Å²) < 4.78 is 27.4. The lowest BCUT2D eigenvalue weighted by atomic mass is 10.2. The van der Waals surface area contributed by atoms with Crippen molar-refractivity contribution < 1.29 is 18.3 Å². The summed E-state index contributed by atoms with van der Waals surface area (Å²) in [5.41, 5.74) is 0. The second kappa shape index (κ2) is 4.93. The molecule has 0 radical (unpaired) electrons. The van der Waals surface area contributed by atoms with Gasteiger partial charge < -0.3 is 5.11 Å². The zero-order chi connectivity index (χ0) is 14.2. The first-order chi connectivity index (χ1) is 8.84. The van der Waals surface area contributed by atoms with Crippen molar-refractivity contribution >= 4 is 16.0 Å². The van der Waals surface area contributed by atoms with E-state index in [2.05, 4.69) is 5.10 Å². The number of aliphatic carboxylic acids is 1. The van der Waals surface area contributed by atoms with Gasteiger partial charge in [-0.25, -0.2) is 8.42 Å². The number of carbonyl (C=O) groups is 1. The van der Waals surface area contributed by atoms with Crippen molar-refractivity contribution in [1.82, 2.24) is 14.1 Å². The summed E-state index contributed by atoms with van der Waals surface area (Å²) in [7, 11) is -3.78. The van der Waals surface area contributed by atoms with Crippen molar-refractivity contribution in [3.05, 3.63) is 12.4 Å². The van der Waals surface area contributed by atoms with Crippen LogP contribution in [0, 0.1) is 0 Å². The lowest BCUT2D eigenvalue weighted by Gasteiger charge is -2.19. The molecule has 1 atom stereocenters. The number of nitrogens with zero attached hydrogens (tertiary/aromatic N) is 3. The largest absolute Gasteiger partial charge is 0.480 e. The molecule has 106 valence electrons. The highest BCUT2D eigenvalue weighted by atomic mass is 32.2. The average molecular weight is 287 g/mol. The van der Waals surface area contributed by atoms with Crippen molar-refractivity contribution in [2.45, 2.75) is 43.7 Å². The van der Waals surface area contributed by atoms with Gasteiger partial charge in [0, 0.05) is 18.8 Å². The molecule has 0 bridgehead atoms. The van der Waals surface area contributed by atoms with Crippen LogP contribution >= 0.6 is 0 Å². The van der Waals surface area contributed by atoms with E-state index in [4.69, 9.17) is 5.11 Å². The highest BCUT2D eigenvalue weighted by molar-refractivity contribution is 7.89. The number of aromatic nitrogens is 2. The fraction of sp³-hybridized carbons (Fsp3) is 0.636. The van der Waals surface area contributed by atoms with Crippen molar-refractivity contribution in [2.75, 3.05) is 6.54 Å². The van der Waals surface area contributed by atoms with E-state index in [0.29, 0.717) is 12.8 Å². The van der Waals surface area contributed by atoms with E-state index in [-0.39, 0.29) is 17.5 Å². The summed E-state index contributed by atoms with van der Waals surface area (Å²) in [5.74, 6) is -1.10. The van der Waals surface area contributed by atoms with E-state index < -0.39 is 22.0 Å². The van der Waals surface area contributed by atoms with Gasteiger partial charge in [-0.05, 0) is 26.7 Å². The molecule has 1 N–H and O–H groups in total. The second-order valence-corrected chi connectivity index (χ2v) is 6.75. The van der Waals surface area contributed by atoms with Gasteiger partial charge in [-0.1, -0.05) is 0 Å². The Morgan fingerprint density at radius 3 is 2.74 bits per heavy atom. The maximum Gasteiger partial charge on any atom is 0.322 e. The SMILES string of the molecule is CC(C)n1cc(S(=O)(=O)N2CCC[C@@H]2C(=O)O)cn1. The van der Waals surface area contributed by atoms with Crippen molar-refractivity contribution in [1.29, 1.82) is 0 Å². The molecule has 2 heterocycles. The number of carboxylic acids is 1. The molecule has 0 saturated carbocycles. The first kappa shape index (κ1) is 14.0. The van der Waals surface area contributed by atoms with Crippen molar-refractivity contribution in [3.63, 3.8) is 0 Å². The van der Waals surface area contributed by atoms with E-state index >= 15 is 0 Å². The maximum atomic E-state index is 12.4. The topological polar surface area (TPSA) is 92.5 Å². The molecule has 1 saturated heterocycles. The third-order valence-corrected chi connectivity index (χ3v) is 5.06. The first-order valence-corrected chi connectivity index (χ1v) is 7.57. The Bertz CT molecular complexity index is 579. The molecule has 0 amide bonds. The molecule has 1 fully saturated rings. The summed E-state index contributed by atoms with van der Waals surface area (Å²) in [4.78, 5) is 11.1. The normalized spacial score (nSPS) is 21.1. The number of carboxylic acid groups (broad SMARTS) is 1. The van der Waals surface area contributed by atoms with Gasteiger partial charge in [0.2, 0.25) is 10.0 Å². The van der Waals surface area contributed by atoms with Gasteiger partial charge in [-0.3, -0.25) is 9.48 Å². The second-order valence-electron chi connectivity index (χ2n) is 4.86. The van der Waals surface area contributed by atoms with Crippen LogP contribution in [0.3, 0.4) is 0 Å². The Kier molecular flexibility index (Phi) is 3.64. The number of hydrogen-bond acceptors (Lipinski definition) is 4. The molecular formula is C11H17N3O4S. The minimum atomic E-state index is -3.78. The van der Waals surface area contributed by atoms with Gasteiger partial charge in [-0.2, -0.15) is 9.40 Å². The molecule has 1 aliphatic rings. The number of hydrogen-bond donors (Lipinski definition) is 1. The van der Waals surface area contributed by atoms with Crippen LogP contribution in [-0.4, -0.2) is 46.2 Å². The van der Waals surface area contributed by atoms with Crippen LogP contribution in [0.4, 0.5) is 0 Å². The smallest absolute Gasteiger partial charge is 0.322 e. The molecule has 8 heteroatoms. The van der Waals surface area contributed by atoms with Crippen LogP contribution in [0.1, 0.15) is 32.7 Å². The molecular weight excluding hydrogens is 270 g/mol. The fourth-order valence-corrected chi connectivity index (χ4v) is 3.74. The van der Waals surface area contributed by atoms with E-state index in [9.17, 15) is 13.2 Å². The Morgan fingerprint density at radius 1 is 1.53 bits per heavy atom. The minimum Gasteiger partial charge on any atom is -0.480 e. The lowest BCUT2D eigenvalue weighted by Crippen LogP contribution is -2.40. The van der Waals surface area contributed by atoms with E-state index in [1.54, 1.807) is 4.68 Å². The quantitative estimate of drug-likeness (QED) is 0.880. The number of rotatable bonds is 4. The fourth-order valence-electron chi connectivity index (χ4n) is 2.15. The molecule has 1 aromatic rings. The van der Waals surface area contributed by atoms with Crippen LogP contribution in [0.2, 0.25) is 0 Å². The minimum absolute atomic E-state index is 0.0503.